The number of fused-ring (bicyclic) bond motifs is 1. The van der Waals surface area contributed by atoms with E-state index >= 15 is 0 Å². The molecule has 3 aromatic carbocycles. The topological polar surface area (TPSA) is 73.9 Å². The average Bonchev–Trinajstić information content (AvgIpc) is 2.80. The van der Waals surface area contributed by atoms with E-state index in [1.54, 1.807) is 36.4 Å². The summed E-state index contributed by atoms with van der Waals surface area (Å²) in [6.07, 6.45) is -4.84. The van der Waals surface area contributed by atoms with E-state index in [1.165, 1.54) is 24.3 Å². The molecule has 0 unspecified atom stereocenters. The van der Waals surface area contributed by atoms with E-state index in [1.807, 2.05) is 6.07 Å². The predicted octanol–water partition coefficient (Wildman–Crippen LogP) is 5.49. The minimum atomic E-state index is -4.84. The fourth-order valence-electron chi connectivity index (χ4n) is 2.96. The molecule has 0 radical (unpaired) electrons. The van der Waals surface area contributed by atoms with Crippen LogP contribution in [0, 0.1) is 0 Å². The van der Waals surface area contributed by atoms with Gasteiger partial charge in [-0.15, -0.1) is 13.2 Å². The first-order chi connectivity index (χ1) is 15.8. The van der Waals surface area contributed by atoms with Crippen molar-refractivity contribution in [1.82, 2.24) is 4.72 Å². The van der Waals surface area contributed by atoms with Crippen LogP contribution in [0.3, 0.4) is 0 Å². The Morgan fingerprint density at radius 2 is 1.27 bits per heavy atom. The molecule has 6 nitrogen and oxygen atoms in total. The van der Waals surface area contributed by atoms with Crippen LogP contribution in [0.25, 0.3) is 0 Å². The molecule has 3 aromatic rings. The smallest absolute Gasteiger partial charge is 0.451 e. The van der Waals surface area contributed by atoms with E-state index in [-0.39, 0.29) is 28.3 Å². The number of benzene rings is 3. The lowest BCUT2D eigenvalue weighted by Gasteiger charge is -2.21. The number of allylic oxidation sites excluding steroid dienone is 2. The molecule has 0 aromatic heterocycles. The number of ether oxygens (including phenoxy) is 2. The van der Waals surface area contributed by atoms with Gasteiger partial charge in [0, 0.05) is 11.1 Å². The Kier molecular flexibility index (Phi) is 6.27. The van der Waals surface area contributed by atoms with Gasteiger partial charge in [-0.05, 0) is 36.4 Å². The van der Waals surface area contributed by atoms with Gasteiger partial charge in [0.05, 0.1) is 0 Å². The summed E-state index contributed by atoms with van der Waals surface area (Å²) < 4.78 is 54.8. The van der Waals surface area contributed by atoms with Gasteiger partial charge in [-0.1, -0.05) is 42.5 Å². The standard InChI is InChI=1S/C23H14F3NO5S/c24-23(25,26)31-15-12-10-14(11-13-15)30-22-19(27-33-32-16-6-2-1-3-7-16)20(28)17-8-4-5-9-18(17)21(22)29/h1-13,27H. The zero-order valence-corrected chi connectivity index (χ0v) is 17.4. The predicted molar refractivity (Wildman–Crippen MR) is 114 cm³/mol. The molecule has 0 saturated heterocycles. The first-order valence-corrected chi connectivity index (χ1v) is 10.2. The first kappa shape index (κ1) is 22.3. The number of hydrogen-bond acceptors (Lipinski definition) is 7. The van der Waals surface area contributed by atoms with Gasteiger partial charge in [-0.2, -0.15) is 0 Å². The number of halogens is 3. The minimum Gasteiger partial charge on any atom is -0.451 e. The van der Waals surface area contributed by atoms with Crippen molar-refractivity contribution in [2.24, 2.45) is 0 Å². The maximum atomic E-state index is 13.1. The molecule has 0 spiro atoms. The van der Waals surface area contributed by atoms with Crippen molar-refractivity contribution in [3.63, 3.8) is 0 Å². The highest BCUT2D eigenvalue weighted by atomic mass is 32.2. The van der Waals surface area contributed by atoms with Crippen LogP contribution < -0.4 is 18.4 Å². The number of alkyl halides is 3. The van der Waals surface area contributed by atoms with Crippen LogP contribution in [0.4, 0.5) is 13.2 Å². The second-order valence-corrected chi connectivity index (χ2v) is 7.15. The average molecular weight is 473 g/mol. The number of carbonyl (C=O) groups excluding carboxylic acids is 2. The molecule has 4 rings (SSSR count). The minimum absolute atomic E-state index is 0.0355. The molecular formula is C23H14F3NO5S. The summed E-state index contributed by atoms with van der Waals surface area (Å²) in [5.41, 5.74) is 0.177. The zero-order chi connectivity index (χ0) is 23.4. The summed E-state index contributed by atoms with van der Waals surface area (Å²) in [7, 11) is 0. The van der Waals surface area contributed by atoms with Gasteiger partial charge < -0.3 is 13.7 Å². The quantitative estimate of drug-likeness (QED) is 0.360. The fraction of sp³-hybridized carbons (Fsp3) is 0.0435. The Morgan fingerprint density at radius 1 is 0.697 bits per heavy atom. The lowest BCUT2D eigenvalue weighted by Crippen LogP contribution is -2.30. The lowest BCUT2D eigenvalue weighted by molar-refractivity contribution is -0.274. The van der Waals surface area contributed by atoms with Crippen LogP contribution in [-0.2, 0) is 0 Å². The number of carbonyl (C=O) groups is 2. The summed E-state index contributed by atoms with van der Waals surface area (Å²) >= 11 is 0.711. The van der Waals surface area contributed by atoms with Crippen LogP contribution in [0.2, 0.25) is 0 Å². The Morgan fingerprint density at radius 3 is 1.91 bits per heavy atom. The van der Waals surface area contributed by atoms with Gasteiger partial charge in [0.25, 0.3) is 0 Å². The summed E-state index contributed by atoms with van der Waals surface area (Å²) in [5, 5.41) is 0. The van der Waals surface area contributed by atoms with E-state index in [4.69, 9.17) is 8.92 Å². The Hall–Kier alpha value is -3.92. The Labute approximate surface area is 190 Å². The van der Waals surface area contributed by atoms with Gasteiger partial charge in [0.1, 0.15) is 22.9 Å². The third-order valence-corrected chi connectivity index (χ3v) is 4.94. The van der Waals surface area contributed by atoms with Crippen molar-refractivity contribution < 1.29 is 36.4 Å². The first-order valence-electron chi connectivity index (χ1n) is 9.43. The molecule has 0 amide bonds. The van der Waals surface area contributed by atoms with E-state index in [0.717, 1.165) is 12.1 Å². The van der Waals surface area contributed by atoms with Crippen molar-refractivity contribution in [1.29, 1.82) is 0 Å². The van der Waals surface area contributed by atoms with E-state index in [9.17, 15) is 22.8 Å². The van der Waals surface area contributed by atoms with Gasteiger partial charge >= 0.3 is 6.36 Å². The third kappa shape index (κ3) is 5.29. The number of ketones is 2. The number of nitrogens with one attached hydrogen (secondary N) is 1. The molecule has 0 atom stereocenters. The van der Waals surface area contributed by atoms with Gasteiger partial charge in [0.2, 0.25) is 17.3 Å². The SMILES string of the molecule is O=C1C(NSOc2ccccc2)=C(Oc2ccc(OC(F)(F)F)cc2)C(=O)c2ccccc21. The van der Waals surface area contributed by atoms with Crippen LogP contribution in [0.15, 0.2) is 90.3 Å². The Bertz CT molecular complexity index is 1210. The van der Waals surface area contributed by atoms with Gasteiger partial charge in [-0.3, -0.25) is 14.3 Å². The molecule has 0 fully saturated rings. The molecule has 0 aliphatic heterocycles. The maximum Gasteiger partial charge on any atom is 0.573 e. The number of Topliss-reactive ketones (excluding diaryl/α,β-unsaturated/α-hetero) is 2. The molecule has 1 aliphatic carbocycles. The van der Waals surface area contributed by atoms with Crippen molar-refractivity contribution in [2.75, 3.05) is 0 Å². The summed E-state index contributed by atoms with van der Waals surface area (Å²) in [6, 6.07) is 19.4. The van der Waals surface area contributed by atoms with Gasteiger partial charge in [0.15, 0.2) is 12.2 Å². The summed E-state index contributed by atoms with van der Waals surface area (Å²) in [4.78, 5) is 26.1. The number of hydrogen-bond donors (Lipinski definition) is 1. The molecule has 0 saturated carbocycles. The maximum absolute atomic E-state index is 13.1. The van der Waals surface area contributed by atoms with Crippen LogP contribution >= 0.6 is 12.2 Å². The molecule has 33 heavy (non-hydrogen) atoms. The molecule has 1 N–H and O–H groups in total. The zero-order valence-electron chi connectivity index (χ0n) is 16.6. The van der Waals surface area contributed by atoms with E-state index < -0.39 is 23.7 Å². The molecular weight excluding hydrogens is 459 g/mol. The van der Waals surface area contributed by atoms with Crippen molar-refractivity contribution >= 4 is 23.8 Å². The largest absolute Gasteiger partial charge is 0.573 e. The number of rotatable bonds is 7. The van der Waals surface area contributed by atoms with Crippen molar-refractivity contribution in [3.05, 3.63) is 101 Å². The van der Waals surface area contributed by atoms with Crippen LogP contribution in [0.5, 0.6) is 17.2 Å². The third-order valence-electron chi connectivity index (χ3n) is 4.38. The van der Waals surface area contributed by atoms with Crippen molar-refractivity contribution in [2.45, 2.75) is 6.36 Å². The second kappa shape index (κ2) is 9.29. The molecule has 1 aliphatic rings. The van der Waals surface area contributed by atoms with Crippen LogP contribution in [-0.4, -0.2) is 17.9 Å². The molecule has 168 valence electrons. The fourth-order valence-corrected chi connectivity index (χ4v) is 3.47. The van der Waals surface area contributed by atoms with Crippen molar-refractivity contribution in [3.8, 4) is 17.2 Å². The second-order valence-electron chi connectivity index (χ2n) is 6.61. The lowest BCUT2D eigenvalue weighted by atomic mass is 9.91. The molecule has 0 heterocycles. The van der Waals surface area contributed by atoms with E-state index in [0.29, 0.717) is 18.0 Å². The highest BCUT2D eigenvalue weighted by Gasteiger charge is 2.35. The highest BCUT2D eigenvalue weighted by molar-refractivity contribution is 7.93. The normalized spacial score (nSPS) is 13.4. The highest BCUT2D eigenvalue weighted by Crippen LogP contribution is 2.30. The molecule has 0 bridgehead atoms. The van der Waals surface area contributed by atoms with Crippen LogP contribution in [0.1, 0.15) is 20.7 Å². The number of para-hydroxylation sites is 1. The van der Waals surface area contributed by atoms with E-state index in [2.05, 4.69) is 9.46 Å². The molecule has 10 heteroatoms. The summed E-state index contributed by atoms with van der Waals surface area (Å²) in [5.74, 6) is -1.29. The van der Waals surface area contributed by atoms with Gasteiger partial charge in [-0.25, -0.2) is 0 Å². The Balaban J connectivity index is 1.60. The summed E-state index contributed by atoms with van der Waals surface area (Å²) in [6.45, 7) is 0. The monoisotopic (exact) mass is 473 g/mol.